The van der Waals surface area contributed by atoms with Gasteiger partial charge in [-0.05, 0) is 48.2 Å². The summed E-state index contributed by atoms with van der Waals surface area (Å²) in [6.45, 7) is 3.36. The van der Waals surface area contributed by atoms with E-state index in [4.69, 9.17) is 14.2 Å². The molecule has 1 aromatic heterocycles. The molecule has 0 aliphatic carbocycles. The number of fused-ring (bicyclic) bond motifs is 1. The summed E-state index contributed by atoms with van der Waals surface area (Å²) in [6.07, 6.45) is 2.77. The standard InChI is InChI=1S/C22H29NO5S/c1-3-27-22-16(8-6-11-24)17(13-19(28-22)21(25)23-10-12-26-2)18-14-29-20-9-5-4-7-15(18)20/h4-5,7,9,13-14,16-17,22,24H,3,6,8,10-12H2,1-2H3,(H,23,25)/t16-,17+,22-/m1/s1. The zero-order valence-corrected chi connectivity index (χ0v) is 17.7. The highest BCUT2D eigenvalue weighted by molar-refractivity contribution is 7.17. The van der Waals surface area contributed by atoms with Crippen molar-refractivity contribution >= 4 is 27.3 Å². The van der Waals surface area contributed by atoms with Gasteiger partial charge in [-0.3, -0.25) is 4.79 Å². The molecule has 1 amide bonds. The second-order valence-electron chi connectivity index (χ2n) is 6.96. The largest absolute Gasteiger partial charge is 0.459 e. The van der Waals surface area contributed by atoms with Crippen molar-refractivity contribution in [1.29, 1.82) is 0 Å². The van der Waals surface area contributed by atoms with Crippen LogP contribution in [0.4, 0.5) is 0 Å². The Balaban J connectivity index is 1.97. The average molecular weight is 420 g/mol. The molecular weight excluding hydrogens is 390 g/mol. The van der Waals surface area contributed by atoms with Crippen LogP contribution in [0.1, 0.15) is 31.2 Å². The molecule has 0 spiro atoms. The Bertz CT molecular complexity index is 833. The van der Waals surface area contributed by atoms with Crippen molar-refractivity contribution in [3.05, 3.63) is 47.0 Å². The Hall–Kier alpha value is -1.93. The van der Waals surface area contributed by atoms with E-state index in [1.54, 1.807) is 18.4 Å². The smallest absolute Gasteiger partial charge is 0.286 e. The zero-order chi connectivity index (χ0) is 20.6. The fourth-order valence-electron chi connectivity index (χ4n) is 3.73. The number of nitrogens with one attached hydrogen (secondary N) is 1. The Morgan fingerprint density at radius 1 is 1.34 bits per heavy atom. The summed E-state index contributed by atoms with van der Waals surface area (Å²) in [5.74, 6) is -0.0150. The number of aliphatic hydroxyl groups is 1. The lowest BCUT2D eigenvalue weighted by Gasteiger charge is -2.36. The lowest BCUT2D eigenvalue weighted by Crippen LogP contribution is -2.39. The summed E-state index contributed by atoms with van der Waals surface area (Å²) < 4.78 is 18.1. The van der Waals surface area contributed by atoms with Crippen LogP contribution in [-0.4, -0.2) is 50.8 Å². The van der Waals surface area contributed by atoms with Crippen LogP contribution in [0.3, 0.4) is 0 Å². The van der Waals surface area contributed by atoms with Crippen molar-refractivity contribution in [2.45, 2.75) is 32.0 Å². The number of benzene rings is 1. The Morgan fingerprint density at radius 3 is 2.93 bits per heavy atom. The predicted molar refractivity (Wildman–Crippen MR) is 114 cm³/mol. The van der Waals surface area contributed by atoms with Gasteiger partial charge >= 0.3 is 0 Å². The second kappa shape index (κ2) is 10.7. The normalized spacial score (nSPS) is 21.6. The van der Waals surface area contributed by atoms with Crippen molar-refractivity contribution in [3.63, 3.8) is 0 Å². The van der Waals surface area contributed by atoms with Gasteiger partial charge < -0.3 is 24.6 Å². The molecule has 0 unspecified atom stereocenters. The molecule has 0 saturated carbocycles. The Labute approximate surface area is 175 Å². The maximum Gasteiger partial charge on any atom is 0.286 e. The number of methoxy groups -OCH3 is 1. The van der Waals surface area contributed by atoms with Crippen molar-refractivity contribution in [2.24, 2.45) is 5.92 Å². The van der Waals surface area contributed by atoms with Crippen molar-refractivity contribution in [1.82, 2.24) is 5.32 Å². The average Bonchev–Trinajstić information content (AvgIpc) is 3.16. The van der Waals surface area contributed by atoms with Gasteiger partial charge in [0.2, 0.25) is 6.29 Å². The molecule has 0 radical (unpaired) electrons. The van der Waals surface area contributed by atoms with Crippen LogP contribution in [0.2, 0.25) is 0 Å². The van der Waals surface area contributed by atoms with Crippen molar-refractivity contribution < 1.29 is 24.1 Å². The molecule has 6 nitrogen and oxygen atoms in total. The van der Waals surface area contributed by atoms with Crippen LogP contribution < -0.4 is 5.32 Å². The summed E-state index contributed by atoms with van der Waals surface area (Å²) in [5, 5.41) is 15.6. The van der Waals surface area contributed by atoms with Crippen LogP contribution >= 0.6 is 11.3 Å². The van der Waals surface area contributed by atoms with Gasteiger partial charge in [0.1, 0.15) is 0 Å². The number of thiophene rings is 1. The number of ether oxygens (including phenoxy) is 3. The van der Waals surface area contributed by atoms with Crippen molar-refractivity contribution in [2.75, 3.05) is 33.5 Å². The van der Waals surface area contributed by atoms with Gasteiger partial charge in [0.25, 0.3) is 5.91 Å². The third-order valence-corrected chi connectivity index (χ3v) is 6.08. The molecule has 0 saturated heterocycles. The minimum atomic E-state index is -0.539. The maximum absolute atomic E-state index is 12.7. The molecular formula is C22H29NO5S. The van der Waals surface area contributed by atoms with Crippen LogP contribution in [0, 0.1) is 5.92 Å². The molecule has 7 heteroatoms. The van der Waals surface area contributed by atoms with Crippen LogP contribution in [0.15, 0.2) is 41.5 Å². The number of rotatable bonds is 10. The van der Waals surface area contributed by atoms with Gasteiger partial charge in [0.15, 0.2) is 5.76 Å². The molecule has 3 atom stereocenters. The van der Waals surface area contributed by atoms with Crippen LogP contribution in [0.5, 0.6) is 0 Å². The quantitative estimate of drug-likeness (QED) is 0.577. The number of amides is 1. The maximum atomic E-state index is 12.7. The van der Waals surface area contributed by atoms with Crippen molar-refractivity contribution in [3.8, 4) is 0 Å². The summed E-state index contributed by atoms with van der Waals surface area (Å²) in [7, 11) is 1.59. The fraction of sp³-hybridized carbons (Fsp3) is 0.500. The molecule has 1 aromatic carbocycles. The molecule has 2 N–H and O–H groups in total. The van der Waals surface area contributed by atoms with E-state index in [0.29, 0.717) is 26.2 Å². The fourth-order valence-corrected chi connectivity index (χ4v) is 4.74. The first kappa shape index (κ1) is 21.8. The second-order valence-corrected chi connectivity index (χ2v) is 7.88. The highest BCUT2D eigenvalue weighted by atomic mass is 32.1. The van der Waals surface area contributed by atoms with E-state index in [9.17, 15) is 9.90 Å². The topological polar surface area (TPSA) is 77.0 Å². The van der Waals surface area contributed by atoms with Crippen LogP contribution in [0.25, 0.3) is 10.1 Å². The third kappa shape index (κ3) is 5.17. The summed E-state index contributed by atoms with van der Waals surface area (Å²) >= 11 is 1.70. The highest BCUT2D eigenvalue weighted by Gasteiger charge is 2.38. The van der Waals surface area contributed by atoms with Gasteiger partial charge in [-0.15, -0.1) is 11.3 Å². The SMILES string of the molecule is CCO[C@@H]1OC(C(=O)NCCOC)=C[C@H](c2csc3ccccc23)[C@H]1CCCO. The number of carbonyl (C=O) groups excluding carboxylic acids is 1. The first-order chi connectivity index (χ1) is 14.2. The molecule has 0 bridgehead atoms. The summed E-state index contributed by atoms with van der Waals surface area (Å²) in [6, 6.07) is 8.28. The van der Waals surface area contributed by atoms with E-state index in [2.05, 4.69) is 22.8 Å². The first-order valence-electron chi connectivity index (χ1n) is 10.0. The molecule has 29 heavy (non-hydrogen) atoms. The van der Waals surface area contributed by atoms with Crippen LogP contribution in [-0.2, 0) is 19.0 Å². The minimum Gasteiger partial charge on any atom is -0.459 e. The minimum absolute atomic E-state index is 0.00984. The van der Waals surface area contributed by atoms with Gasteiger partial charge in [0, 0.05) is 43.4 Å². The van der Waals surface area contributed by atoms with E-state index in [1.807, 2.05) is 25.1 Å². The lowest BCUT2D eigenvalue weighted by atomic mass is 9.80. The molecule has 158 valence electrons. The monoisotopic (exact) mass is 419 g/mol. The van der Waals surface area contributed by atoms with Gasteiger partial charge in [0.05, 0.1) is 6.61 Å². The third-order valence-electron chi connectivity index (χ3n) is 5.10. The Morgan fingerprint density at radius 2 is 2.17 bits per heavy atom. The molecule has 3 rings (SSSR count). The van der Waals surface area contributed by atoms with Gasteiger partial charge in [-0.2, -0.15) is 0 Å². The first-order valence-corrected chi connectivity index (χ1v) is 10.9. The molecule has 2 aromatic rings. The van der Waals surface area contributed by atoms with E-state index in [1.165, 1.54) is 15.6 Å². The molecule has 1 aliphatic heterocycles. The summed E-state index contributed by atoms with van der Waals surface area (Å²) in [4.78, 5) is 12.7. The predicted octanol–water partition coefficient (Wildman–Crippen LogP) is 3.41. The number of allylic oxidation sites excluding steroid dienone is 1. The number of hydrogen-bond acceptors (Lipinski definition) is 6. The van der Waals surface area contributed by atoms with E-state index in [-0.39, 0.29) is 30.1 Å². The molecule has 1 aliphatic rings. The number of hydrogen-bond donors (Lipinski definition) is 2. The van der Waals surface area contributed by atoms with Gasteiger partial charge in [-0.25, -0.2) is 0 Å². The molecule has 0 fully saturated rings. The Kier molecular flexibility index (Phi) is 8.06. The van der Waals surface area contributed by atoms with E-state index >= 15 is 0 Å². The molecule has 2 heterocycles. The van der Waals surface area contributed by atoms with E-state index in [0.717, 1.165) is 6.42 Å². The zero-order valence-electron chi connectivity index (χ0n) is 16.9. The summed E-state index contributed by atoms with van der Waals surface area (Å²) in [5.41, 5.74) is 1.17. The lowest BCUT2D eigenvalue weighted by molar-refractivity contribution is -0.166. The number of aliphatic hydroxyl groups excluding tert-OH is 1. The highest BCUT2D eigenvalue weighted by Crippen LogP contribution is 2.43. The van der Waals surface area contributed by atoms with Gasteiger partial charge in [-0.1, -0.05) is 18.2 Å². The number of carbonyl (C=O) groups is 1. The van der Waals surface area contributed by atoms with E-state index < -0.39 is 6.29 Å².